The number of hydrogen-bond donors (Lipinski definition) is 0. The third-order valence-electron chi connectivity index (χ3n) is 1.94. The van der Waals surface area contributed by atoms with Crippen LogP contribution in [-0.4, -0.2) is 17.6 Å². The molecule has 0 unspecified atom stereocenters. The Bertz CT molecular complexity index is 433. The van der Waals surface area contributed by atoms with Crippen molar-refractivity contribution in [1.82, 2.24) is 4.98 Å². The van der Waals surface area contributed by atoms with Crippen LogP contribution in [0.3, 0.4) is 0 Å². The standard InChI is InChI=1S/C11H12N2O2/c1-4-15-11(14)9-5-7(2)13-8(3)10(9)6-12/h5H,4H2,1-3H3. The Kier molecular flexibility index (Phi) is 3.40. The van der Waals surface area contributed by atoms with Gasteiger partial charge in [-0.15, -0.1) is 0 Å². The van der Waals surface area contributed by atoms with Gasteiger partial charge in [0, 0.05) is 5.69 Å². The quantitative estimate of drug-likeness (QED) is 0.688. The van der Waals surface area contributed by atoms with Gasteiger partial charge in [0.25, 0.3) is 0 Å². The van der Waals surface area contributed by atoms with Crippen molar-refractivity contribution in [3.8, 4) is 6.07 Å². The molecule has 0 saturated heterocycles. The maximum Gasteiger partial charge on any atom is 0.339 e. The molecular weight excluding hydrogens is 192 g/mol. The van der Waals surface area contributed by atoms with Crippen LogP contribution >= 0.6 is 0 Å². The lowest BCUT2D eigenvalue weighted by molar-refractivity contribution is 0.0525. The van der Waals surface area contributed by atoms with Crippen LogP contribution in [0.15, 0.2) is 6.07 Å². The number of esters is 1. The monoisotopic (exact) mass is 204 g/mol. The van der Waals surface area contributed by atoms with Gasteiger partial charge in [-0.3, -0.25) is 4.98 Å². The topological polar surface area (TPSA) is 63.0 Å². The molecule has 0 aromatic carbocycles. The van der Waals surface area contributed by atoms with E-state index in [1.807, 2.05) is 6.07 Å². The van der Waals surface area contributed by atoms with Gasteiger partial charge >= 0.3 is 5.97 Å². The lowest BCUT2D eigenvalue weighted by atomic mass is 10.1. The largest absolute Gasteiger partial charge is 0.462 e. The second-order valence-electron chi connectivity index (χ2n) is 3.10. The van der Waals surface area contributed by atoms with Crippen LogP contribution in [0.25, 0.3) is 0 Å². The molecule has 1 aromatic heterocycles. The van der Waals surface area contributed by atoms with Gasteiger partial charge in [-0.2, -0.15) is 5.26 Å². The van der Waals surface area contributed by atoms with Crippen LogP contribution in [0, 0.1) is 25.2 Å². The average Bonchev–Trinajstić information content (AvgIpc) is 2.17. The molecule has 0 aliphatic heterocycles. The molecule has 0 saturated carbocycles. The van der Waals surface area contributed by atoms with E-state index in [1.165, 1.54) is 0 Å². The molecule has 1 rings (SSSR count). The number of aromatic nitrogens is 1. The van der Waals surface area contributed by atoms with Crippen molar-refractivity contribution in [2.75, 3.05) is 6.61 Å². The number of carbonyl (C=O) groups is 1. The van der Waals surface area contributed by atoms with Crippen LogP contribution < -0.4 is 0 Å². The number of hydrogen-bond acceptors (Lipinski definition) is 4. The van der Waals surface area contributed by atoms with Gasteiger partial charge in [0.05, 0.1) is 23.4 Å². The zero-order valence-electron chi connectivity index (χ0n) is 9.00. The van der Waals surface area contributed by atoms with E-state index in [-0.39, 0.29) is 0 Å². The molecule has 1 heterocycles. The van der Waals surface area contributed by atoms with E-state index in [9.17, 15) is 4.79 Å². The molecular formula is C11H12N2O2. The lowest BCUT2D eigenvalue weighted by Crippen LogP contribution is -2.09. The molecule has 0 fully saturated rings. The van der Waals surface area contributed by atoms with Gasteiger partial charge in [-0.25, -0.2) is 4.79 Å². The molecule has 0 radical (unpaired) electrons. The zero-order chi connectivity index (χ0) is 11.4. The number of aryl methyl sites for hydroxylation is 2. The molecule has 78 valence electrons. The first-order valence-electron chi connectivity index (χ1n) is 4.65. The van der Waals surface area contributed by atoms with Crippen LogP contribution in [0.1, 0.15) is 34.2 Å². The Labute approximate surface area is 88.5 Å². The number of pyridine rings is 1. The van der Waals surface area contributed by atoms with Crippen LogP contribution in [0.5, 0.6) is 0 Å². The summed E-state index contributed by atoms with van der Waals surface area (Å²) < 4.78 is 4.86. The first-order chi connectivity index (χ1) is 7.10. The maximum absolute atomic E-state index is 11.5. The molecule has 0 bridgehead atoms. The fourth-order valence-electron chi connectivity index (χ4n) is 1.34. The molecule has 15 heavy (non-hydrogen) atoms. The van der Waals surface area contributed by atoms with E-state index < -0.39 is 5.97 Å². The highest BCUT2D eigenvalue weighted by Crippen LogP contribution is 2.14. The van der Waals surface area contributed by atoms with Crippen molar-refractivity contribution in [3.05, 3.63) is 28.6 Å². The molecule has 0 aliphatic carbocycles. The van der Waals surface area contributed by atoms with E-state index in [4.69, 9.17) is 10.00 Å². The summed E-state index contributed by atoms with van der Waals surface area (Å²) in [6.07, 6.45) is 0. The Hall–Kier alpha value is -1.89. The number of carbonyl (C=O) groups excluding carboxylic acids is 1. The van der Waals surface area contributed by atoms with Crippen molar-refractivity contribution < 1.29 is 9.53 Å². The SMILES string of the molecule is CCOC(=O)c1cc(C)nc(C)c1C#N. The van der Waals surface area contributed by atoms with Gasteiger partial charge in [-0.1, -0.05) is 0 Å². The fourth-order valence-corrected chi connectivity index (χ4v) is 1.34. The van der Waals surface area contributed by atoms with Gasteiger partial charge < -0.3 is 4.74 Å². The minimum absolute atomic E-state index is 0.291. The summed E-state index contributed by atoms with van der Waals surface area (Å²) in [6.45, 7) is 5.50. The Balaban J connectivity index is 3.28. The van der Waals surface area contributed by atoms with Crippen LogP contribution in [-0.2, 0) is 4.74 Å². The number of nitrogens with zero attached hydrogens (tertiary/aromatic N) is 2. The predicted molar refractivity (Wildman–Crippen MR) is 54.4 cm³/mol. The Morgan fingerprint density at radius 1 is 1.60 bits per heavy atom. The third-order valence-corrected chi connectivity index (χ3v) is 1.94. The van der Waals surface area contributed by atoms with E-state index in [2.05, 4.69) is 4.98 Å². The summed E-state index contributed by atoms with van der Waals surface area (Å²) in [6, 6.07) is 3.54. The average molecular weight is 204 g/mol. The highest BCUT2D eigenvalue weighted by Gasteiger charge is 2.15. The lowest BCUT2D eigenvalue weighted by Gasteiger charge is -2.06. The summed E-state index contributed by atoms with van der Waals surface area (Å²) in [7, 11) is 0. The highest BCUT2D eigenvalue weighted by molar-refractivity contribution is 5.92. The maximum atomic E-state index is 11.5. The second-order valence-corrected chi connectivity index (χ2v) is 3.10. The summed E-state index contributed by atoms with van der Waals surface area (Å²) in [5.74, 6) is -0.470. The molecule has 4 heteroatoms. The van der Waals surface area contributed by atoms with Crippen molar-refractivity contribution >= 4 is 5.97 Å². The Morgan fingerprint density at radius 2 is 2.27 bits per heavy atom. The summed E-state index contributed by atoms with van der Waals surface area (Å²) in [4.78, 5) is 15.6. The number of ether oxygens (including phenoxy) is 1. The number of rotatable bonds is 2. The van der Waals surface area contributed by atoms with Crippen molar-refractivity contribution in [3.63, 3.8) is 0 Å². The first kappa shape index (κ1) is 11.2. The number of nitriles is 1. The van der Waals surface area contributed by atoms with Crippen molar-refractivity contribution in [1.29, 1.82) is 5.26 Å². The van der Waals surface area contributed by atoms with Gasteiger partial charge in [0.15, 0.2) is 0 Å². The van der Waals surface area contributed by atoms with Gasteiger partial charge in [0.2, 0.25) is 0 Å². The summed E-state index contributed by atoms with van der Waals surface area (Å²) >= 11 is 0. The molecule has 0 aliphatic rings. The van der Waals surface area contributed by atoms with Gasteiger partial charge in [0.1, 0.15) is 6.07 Å². The molecule has 0 atom stereocenters. The van der Waals surface area contributed by atoms with Crippen molar-refractivity contribution in [2.24, 2.45) is 0 Å². The molecule has 0 N–H and O–H groups in total. The minimum atomic E-state index is -0.470. The van der Waals surface area contributed by atoms with E-state index in [0.717, 1.165) is 0 Å². The second kappa shape index (κ2) is 4.56. The molecule has 4 nitrogen and oxygen atoms in total. The molecule has 0 spiro atoms. The highest BCUT2D eigenvalue weighted by atomic mass is 16.5. The first-order valence-corrected chi connectivity index (χ1v) is 4.65. The fraction of sp³-hybridized carbons (Fsp3) is 0.364. The summed E-state index contributed by atoms with van der Waals surface area (Å²) in [5, 5.41) is 8.91. The summed E-state index contributed by atoms with van der Waals surface area (Å²) in [5.41, 5.74) is 1.85. The predicted octanol–water partition coefficient (Wildman–Crippen LogP) is 1.75. The molecule has 0 amide bonds. The van der Waals surface area contributed by atoms with E-state index in [0.29, 0.717) is 29.1 Å². The van der Waals surface area contributed by atoms with Crippen molar-refractivity contribution in [2.45, 2.75) is 20.8 Å². The smallest absolute Gasteiger partial charge is 0.339 e. The molecule has 1 aromatic rings. The van der Waals surface area contributed by atoms with Crippen LogP contribution in [0.4, 0.5) is 0 Å². The zero-order valence-corrected chi connectivity index (χ0v) is 9.00. The van der Waals surface area contributed by atoms with E-state index in [1.54, 1.807) is 26.8 Å². The van der Waals surface area contributed by atoms with Gasteiger partial charge in [-0.05, 0) is 26.8 Å². The van der Waals surface area contributed by atoms with E-state index >= 15 is 0 Å². The third kappa shape index (κ3) is 2.32. The minimum Gasteiger partial charge on any atom is -0.462 e. The normalized spacial score (nSPS) is 9.47. The Morgan fingerprint density at radius 3 is 2.80 bits per heavy atom. The van der Waals surface area contributed by atoms with Crippen LogP contribution in [0.2, 0.25) is 0 Å².